The summed E-state index contributed by atoms with van der Waals surface area (Å²) in [5.74, 6) is 1.11. The molecule has 23 heavy (non-hydrogen) atoms. The number of amides is 1. The van der Waals surface area contributed by atoms with Gasteiger partial charge in [0.15, 0.2) is 0 Å². The van der Waals surface area contributed by atoms with Gasteiger partial charge in [0.05, 0.1) is 6.20 Å². The van der Waals surface area contributed by atoms with E-state index < -0.39 is 0 Å². The number of aromatic nitrogens is 1. The highest BCUT2D eigenvalue weighted by atomic mass is 35.5. The van der Waals surface area contributed by atoms with Gasteiger partial charge in [0.25, 0.3) is 0 Å². The van der Waals surface area contributed by atoms with E-state index in [0.717, 1.165) is 17.0 Å². The summed E-state index contributed by atoms with van der Waals surface area (Å²) >= 11 is 0. The molecule has 0 radical (unpaired) electrons. The Hall–Kier alpha value is -1.82. The molecular weight excluding hydrogens is 337 g/mol. The second-order valence-corrected chi connectivity index (χ2v) is 4.90. The lowest BCUT2D eigenvalue weighted by Gasteiger charge is -2.13. The molecule has 126 valence electrons. The van der Waals surface area contributed by atoms with E-state index in [-0.39, 0.29) is 36.6 Å². The third-order valence-corrected chi connectivity index (χ3v) is 3.11. The van der Waals surface area contributed by atoms with Crippen LogP contribution >= 0.6 is 24.8 Å². The van der Waals surface area contributed by atoms with Crippen molar-refractivity contribution < 1.29 is 9.53 Å². The number of nitrogens with zero attached hydrogens (tertiary/aromatic N) is 1. The normalized spacial score (nSPS) is 10.7. The first-order valence-electron chi connectivity index (χ1n) is 6.79. The quantitative estimate of drug-likeness (QED) is 0.857. The molecule has 1 unspecified atom stereocenters. The summed E-state index contributed by atoms with van der Waals surface area (Å²) < 4.78 is 5.74. The second-order valence-electron chi connectivity index (χ2n) is 4.90. The summed E-state index contributed by atoms with van der Waals surface area (Å²) in [5, 5.41) is 2.84. The Morgan fingerprint density at radius 1 is 1.35 bits per heavy atom. The second kappa shape index (κ2) is 10.0. The van der Waals surface area contributed by atoms with Crippen LogP contribution in [0.25, 0.3) is 0 Å². The fourth-order valence-corrected chi connectivity index (χ4v) is 1.75. The highest BCUT2D eigenvalue weighted by Crippen LogP contribution is 2.26. The largest absolute Gasteiger partial charge is 0.455 e. The van der Waals surface area contributed by atoms with Gasteiger partial charge < -0.3 is 15.8 Å². The molecule has 1 aromatic heterocycles. The van der Waals surface area contributed by atoms with E-state index in [9.17, 15) is 4.79 Å². The minimum atomic E-state index is -0.211. The first kappa shape index (κ1) is 21.2. The van der Waals surface area contributed by atoms with Crippen LogP contribution in [0.1, 0.15) is 12.5 Å². The summed E-state index contributed by atoms with van der Waals surface area (Å²) in [4.78, 5) is 15.8. The molecule has 2 rings (SSSR count). The van der Waals surface area contributed by atoms with Gasteiger partial charge in [-0.25, -0.2) is 0 Å². The van der Waals surface area contributed by atoms with Crippen LogP contribution in [0.15, 0.2) is 42.7 Å². The van der Waals surface area contributed by atoms with Crippen LogP contribution in [0.3, 0.4) is 0 Å². The molecule has 1 atom stereocenters. The van der Waals surface area contributed by atoms with Crippen LogP contribution in [0.5, 0.6) is 11.5 Å². The van der Waals surface area contributed by atoms with E-state index in [1.54, 1.807) is 25.4 Å². The molecule has 0 aliphatic heterocycles. The topological polar surface area (TPSA) is 77.2 Å². The maximum Gasteiger partial charge on any atom is 0.228 e. The molecule has 0 aliphatic rings. The molecule has 0 saturated heterocycles. The number of nitrogens with one attached hydrogen (secondary N) is 1. The summed E-state index contributed by atoms with van der Waals surface area (Å²) in [6, 6.07) is 9.15. The van der Waals surface area contributed by atoms with Gasteiger partial charge >= 0.3 is 0 Å². The standard InChI is InChI=1S/C16H19N3O2.2ClH/c1-11-8-13(19-16(20)12(2)9-17)5-6-15(11)21-14-4-3-7-18-10-14;;/h3-8,10,12H,9,17H2,1-2H3,(H,19,20);2*1H. The van der Waals surface area contributed by atoms with Crippen LogP contribution in [0.2, 0.25) is 0 Å². The Balaban J connectivity index is 0.00000242. The van der Waals surface area contributed by atoms with Gasteiger partial charge in [-0.05, 0) is 42.8 Å². The predicted molar refractivity (Wildman–Crippen MR) is 96.8 cm³/mol. The number of rotatable bonds is 5. The van der Waals surface area contributed by atoms with Gasteiger partial charge in [-0.2, -0.15) is 0 Å². The van der Waals surface area contributed by atoms with Gasteiger partial charge in [0.2, 0.25) is 5.91 Å². The molecule has 1 aromatic carbocycles. The highest BCUT2D eigenvalue weighted by molar-refractivity contribution is 5.92. The number of benzene rings is 1. The fourth-order valence-electron chi connectivity index (χ4n) is 1.75. The van der Waals surface area contributed by atoms with Gasteiger partial charge in [-0.1, -0.05) is 6.92 Å². The van der Waals surface area contributed by atoms with Crippen LogP contribution in [-0.4, -0.2) is 17.4 Å². The van der Waals surface area contributed by atoms with Crippen molar-refractivity contribution in [2.24, 2.45) is 11.7 Å². The van der Waals surface area contributed by atoms with E-state index in [2.05, 4.69) is 10.3 Å². The number of aryl methyl sites for hydroxylation is 1. The lowest BCUT2D eigenvalue weighted by Crippen LogP contribution is -2.26. The van der Waals surface area contributed by atoms with Crippen molar-refractivity contribution in [1.29, 1.82) is 0 Å². The molecule has 3 N–H and O–H groups in total. The number of hydrogen-bond acceptors (Lipinski definition) is 4. The third-order valence-electron chi connectivity index (χ3n) is 3.11. The zero-order valence-electron chi connectivity index (χ0n) is 13.0. The van der Waals surface area contributed by atoms with Crippen LogP contribution in [0.4, 0.5) is 5.69 Å². The monoisotopic (exact) mass is 357 g/mol. The number of anilines is 1. The summed E-state index contributed by atoms with van der Waals surface area (Å²) in [7, 11) is 0. The number of nitrogens with two attached hydrogens (primary N) is 1. The van der Waals surface area contributed by atoms with E-state index in [0.29, 0.717) is 12.3 Å². The molecule has 1 amide bonds. The Kier molecular flexibility index (Phi) is 9.25. The Morgan fingerprint density at radius 2 is 2.09 bits per heavy atom. The predicted octanol–water partition coefficient (Wildman–Crippen LogP) is 3.56. The molecule has 1 heterocycles. The van der Waals surface area contributed by atoms with Crippen LogP contribution < -0.4 is 15.8 Å². The van der Waals surface area contributed by atoms with Crippen LogP contribution in [-0.2, 0) is 4.79 Å². The van der Waals surface area contributed by atoms with Gasteiger partial charge in [-0.15, -0.1) is 24.8 Å². The van der Waals surface area contributed by atoms with Crippen molar-refractivity contribution in [2.75, 3.05) is 11.9 Å². The maximum absolute atomic E-state index is 11.8. The number of hydrogen-bond donors (Lipinski definition) is 2. The van der Waals surface area contributed by atoms with Gasteiger partial charge in [-0.3, -0.25) is 9.78 Å². The van der Waals surface area contributed by atoms with Gasteiger partial charge in [0, 0.05) is 24.3 Å². The first-order valence-corrected chi connectivity index (χ1v) is 6.79. The average Bonchev–Trinajstić information content (AvgIpc) is 2.50. The molecule has 0 fully saturated rings. The molecule has 0 saturated carbocycles. The molecule has 0 bridgehead atoms. The number of carbonyl (C=O) groups is 1. The lowest BCUT2D eigenvalue weighted by molar-refractivity contribution is -0.119. The number of ether oxygens (including phenoxy) is 1. The Bertz CT molecular complexity index is 624. The maximum atomic E-state index is 11.8. The van der Waals surface area contributed by atoms with Crippen molar-refractivity contribution in [3.05, 3.63) is 48.3 Å². The number of halogens is 2. The lowest BCUT2D eigenvalue weighted by atomic mass is 10.1. The van der Waals surface area contributed by atoms with Crippen molar-refractivity contribution >= 4 is 36.4 Å². The number of carbonyl (C=O) groups excluding carboxylic acids is 1. The summed E-state index contributed by atoms with van der Waals surface area (Å²) in [5.41, 5.74) is 7.14. The van der Waals surface area contributed by atoms with E-state index in [1.165, 1.54) is 0 Å². The zero-order chi connectivity index (χ0) is 15.2. The molecule has 0 aliphatic carbocycles. The SMILES string of the molecule is Cc1cc(NC(=O)C(C)CN)ccc1Oc1cccnc1.Cl.Cl. The van der Waals surface area contributed by atoms with Gasteiger partial charge in [0.1, 0.15) is 11.5 Å². The fraction of sp³-hybridized carbons (Fsp3) is 0.250. The zero-order valence-corrected chi connectivity index (χ0v) is 14.6. The number of pyridine rings is 1. The summed E-state index contributed by atoms with van der Waals surface area (Å²) in [6.07, 6.45) is 3.34. The highest BCUT2D eigenvalue weighted by Gasteiger charge is 2.11. The third kappa shape index (κ3) is 6.06. The Morgan fingerprint density at radius 3 is 2.65 bits per heavy atom. The van der Waals surface area contributed by atoms with E-state index in [1.807, 2.05) is 31.2 Å². The average molecular weight is 358 g/mol. The first-order chi connectivity index (χ1) is 10.1. The Labute approximate surface area is 148 Å². The summed E-state index contributed by atoms with van der Waals surface area (Å²) in [6.45, 7) is 4.04. The van der Waals surface area contributed by atoms with Crippen molar-refractivity contribution in [1.82, 2.24) is 4.98 Å². The van der Waals surface area contributed by atoms with Crippen molar-refractivity contribution in [3.8, 4) is 11.5 Å². The van der Waals surface area contributed by atoms with E-state index >= 15 is 0 Å². The molecular formula is C16H21Cl2N3O2. The molecule has 5 nitrogen and oxygen atoms in total. The van der Waals surface area contributed by atoms with Crippen molar-refractivity contribution in [2.45, 2.75) is 13.8 Å². The molecule has 2 aromatic rings. The molecule has 0 spiro atoms. The minimum Gasteiger partial charge on any atom is -0.455 e. The smallest absolute Gasteiger partial charge is 0.228 e. The van der Waals surface area contributed by atoms with E-state index in [4.69, 9.17) is 10.5 Å². The van der Waals surface area contributed by atoms with Crippen molar-refractivity contribution in [3.63, 3.8) is 0 Å². The van der Waals surface area contributed by atoms with Crippen LogP contribution in [0, 0.1) is 12.8 Å². The molecule has 7 heteroatoms. The minimum absolute atomic E-state index is 0.